The van der Waals surface area contributed by atoms with Crippen LogP contribution in [0.3, 0.4) is 0 Å². The van der Waals surface area contributed by atoms with Gasteiger partial charge in [0.15, 0.2) is 0 Å². The van der Waals surface area contributed by atoms with Crippen molar-refractivity contribution in [1.82, 2.24) is 10.6 Å². The average Bonchev–Trinajstić information content (AvgIpc) is 3.51. The Morgan fingerprint density at radius 3 is 2.39 bits per heavy atom. The quantitative estimate of drug-likeness (QED) is 0.559. The van der Waals surface area contributed by atoms with Gasteiger partial charge in [-0.1, -0.05) is 31.4 Å². The van der Waals surface area contributed by atoms with Gasteiger partial charge in [0.25, 0.3) is 5.91 Å². The van der Waals surface area contributed by atoms with Crippen molar-refractivity contribution in [2.45, 2.75) is 63.5 Å². The maximum absolute atomic E-state index is 12.4. The van der Waals surface area contributed by atoms with Gasteiger partial charge in [0.1, 0.15) is 5.54 Å². The first-order valence-electron chi connectivity index (χ1n) is 10.1. The van der Waals surface area contributed by atoms with E-state index in [-0.39, 0.29) is 17.8 Å². The molecular formula is C22H28N2O4. The van der Waals surface area contributed by atoms with Crippen LogP contribution in [0.4, 0.5) is 0 Å². The minimum absolute atomic E-state index is 0.0653. The largest absolute Gasteiger partial charge is 0.464 e. The van der Waals surface area contributed by atoms with E-state index in [4.69, 9.17) is 4.74 Å². The number of hydrogen-bond acceptors (Lipinski definition) is 4. The monoisotopic (exact) mass is 384 g/mol. The summed E-state index contributed by atoms with van der Waals surface area (Å²) in [5.74, 6) is -0.725. The fourth-order valence-corrected chi connectivity index (χ4v) is 3.50. The maximum Gasteiger partial charge on any atom is 0.331 e. The van der Waals surface area contributed by atoms with Crippen molar-refractivity contribution in [3.8, 4) is 0 Å². The fourth-order valence-electron chi connectivity index (χ4n) is 3.50. The molecule has 2 fully saturated rings. The molecule has 0 radical (unpaired) electrons. The van der Waals surface area contributed by atoms with Gasteiger partial charge in [-0.15, -0.1) is 0 Å². The van der Waals surface area contributed by atoms with Gasteiger partial charge in [0.05, 0.1) is 6.61 Å². The molecule has 0 aromatic heterocycles. The van der Waals surface area contributed by atoms with Gasteiger partial charge in [-0.25, -0.2) is 4.79 Å². The summed E-state index contributed by atoms with van der Waals surface area (Å²) in [6.45, 7) is 2.07. The van der Waals surface area contributed by atoms with Gasteiger partial charge in [-0.2, -0.15) is 0 Å². The third-order valence-electron chi connectivity index (χ3n) is 5.25. The molecule has 28 heavy (non-hydrogen) atoms. The summed E-state index contributed by atoms with van der Waals surface area (Å²) < 4.78 is 5.20. The summed E-state index contributed by atoms with van der Waals surface area (Å²) in [6, 6.07) is 7.41. The molecular weight excluding hydrogens is 356 g/mol. The van der Waals surface area contributed by atoms with E-state index in [1.165, 1.54) is 6.08 Å². The summed E-state index contributed by atoms with van der Waals surface area (Å²) in [5.41, 5.74) is 0.504. The van der Waals surface area contributed by atoms with Crippen molar-refractivity contribution in [3.05, 3.63) is 41.5 Å². The molecule has 0 bridgehead atoms. The molecule has 2 aliphatic rings. The van der Waals surface area contributed by atoms with E-state index in [0.29, 0.717) is 31.1 Å². The summed E-state index contributed by atoms with van der Waals surface area (Å²) >= 11 is 0. The van der Waals surface area contributed by atoms with Crippen molar-refractivity contribution in [2.75, 3.05) is 6.61 Å². The van der Waals surface area contributed by atoms with Crippen LogP contribution in [-0.4, -0.2) is 36.0 Å². The number of rotatable bonds is 7. The number of nitrogens with one attached hydrogen (secondary N) is 2. The van der Waals surface area contributed by atoms with Crippen molar-refractivity contribution in [1.29, 1.82) is 0 Å². The fraction of sp³-hybridized carbons (Fsp3) is 0.500. The zero-order valence-electron chi connectivity index (χ0n) is 16.3. The number of ether oxygens (including phenoxy) is 1. The van der Waals surface area contributed by atoms with Crippen molar-refractivity contribution < 1.29 is 19.1 Å². The highest BCUT2D eigenvalue weighted by Crippen LogP contribution is 2.29. The second kappa shape index (κ2) is 9.04. The van der Waals surface area contributed by atoms with E-state index in [1.54, 1.807) is 37.3 Å². The first-order valence-corrected chi connectivity index (χ1v) is 10.1. The third-order valence-corrected chi connectivity index (χ3v) is 5.25. The maximum atomic E-state index is 12.4. The van der Waals surface area contributed by atoms with Crippen molar-refractivity contribution in [2.24, 2.45) is 0 Å². The van der Waals surface area contributed by atoms with E-state index in [9.17, 15) is 14.4 Å². The smallest absolute Gasteiger partial charge is 0.331 e. The van der Waals surface area contributed by atoms with Crippen LogP contribution in [0.15, 0.2) is 30.3 Å². The predicted octanol–water partition coefficient (Wildman–Crippen LogP) is 2.97. The van der Waals surface area contributed by atoms with Crippen LogP contribution in [0.25, 0.3) is 6.08 Å². The highest BCUT2D eigenvalue weighted by Gasteiger charge is 2.41. The Kier molecular flexibility index (Phi) is 6.49. The summed E-state index contributed by atoms with van der Waals surface area (Å²) in [4.78, 5) is 36.9. The molecule has 6 nitrogen and oxygen atoms in total. The summed E-state index contributed by atoms with van der Waals surface area (Å²) in [6.07, 6.45) is 9.28. The van der Waals surface area contributed by atoms with Crippen LogP contribution in [0, 0.1) is 0 Å². The predicted molar refractivity (Wildman–Crippen MR) is 107 cm³/mol. The zero-order valence-corrected chi connectivity index (χ0v) is 16.3. The second-order valence-electron chi connectivity index (χ2n) is 7.56. The van der Waals surface area contributed by atoms with Gasteiger partial charge >= 0.3 is 5.97 Å². The number of carbonyl (C=O) groups excluding carboxylic acids is 3. The minimum atomic E-state index is -0.916. The highest BCUT2D eigenvalue weighted by atomic mass is 16.5. The lowest BCUT2D eigenvalue weighted by Gasteiger charge is -2.35. The van der Waals surface area contributed by atoms with E-state index >= 15 is 0 Å². The lowest BCUT2D eigenvalue weighted by molar-refractivity contribution is -0.154. The van der Waals surface area contributed by atoms with Gasteiger partial charge < -0.3 is 15.4 Å². The molecule has 0 saturated heterocycles. The minimum Gasteiger partial charge on any atom is -0.464 e. The molecule has 0 aliphatic heterocycles. The molecule has 2 N–H and O–H groups in total. The molecule has 1 aromatic rings. The van der Waals surface area contributed by atoms with Crippen LogP contribution in [0.5, 0.6) is 0 Å². The topological polar surface area (TPSA) is 84.5 Å². The molecule has 2 amide bonds. The molecule has 6 heteroatoms. The number of amides is 2. The Morgan fingerprint density at radius 2 is 1.79 bits per heavy atom. The Balaban J connectivity index is 1.60. The van der Waals surface area contributed by atoms with Gasteiger partial charge in [0.2, 0.25) is 5.91 Å². The normalized spacial score (nSPS) is 18.5. The summed E-state index contributed by atoms with van der Waals surface area (Å²) in [5, 5.41) is 5.83. The molecule has 1 aromatic carbocycles. The molecule has 0 unspecified atom stereocenters. The van der Waals surface area contributed by atoms with Crippen LogP contribution in [-0.2, 0) is 14.3 Å². The number of hydrogen-bond donors (Lipinski definition) is 2. The Bertz CT molecular complexity index is 744. The molecule has 150 valence electrons. The van der Waals surface area contributed by atoms with Gasteiger partial charge in [-0.05, 0) is 56.4 Å². The second-order valence-corrected chi connectivity index (χ2v) is 7.56. The number of carbonyl (C=O) groups is 3. The Labute approximate surface area is 165 Å². The van der Waals surface area contributed by atoms with E-state index in [0.717, 1.165) is 37.7 Å². The molecule has 3 rings (SSSR count). The lowest BCUT2D eigenvalue weighted by atomic mass is 9.81. The molecule has 0 heterocycles. The SMILES string of the molecule is CCOC(=O)C1(NC(=O)/C=C/c2ccc(C(=O)NC3CC3)cc2)CCCCC1. The van der Waals surface area contributed by atoms with E-state index in [1.807, 2.05) is 0 Å². The molecule has 2 saturated carbocycles. The van der Waals surface area contributed by atoms with Crippen molar-refractivity contribution in [3.63, 3.8) is 0 Å². The first kappa shape index (κ1) is 20.1. The Hall–Kier alpha value is -2.63. The Morgan fingerprint density at radius 1 is 1.11 bits per heavy atom. The summed E-state index contributed by atoms with van der Waals surface area (Å²) in [7, 11) is 0. The standard InChI is InChI=1S/C22H28N2O4/c1-2-28-21(27)22(14-4-3-5-15-22)24-19(25)13-8-16-6-9-17(10-7-16)20(26)23-18-11-12-18/h6-10,13,18H,2-5,11-12,14-15H2,1H3,(H,23,26)(H,24,25)/b13-8+. The lowest BCUT2D eigenvalue weighted by Crippen LogP contribution is -2.56. The molecule has 0 spiro atoms. The van der Waals surface area contributed by atoms with Crippen LogP contribution in [0.1, 0.15) is 67.8 Å². The average molecular weight is 384 g/mol. The first-order chi connectivity index (χ1) is 13.5. The number of esters is 1. The third kappa shape index (κ3) is 5.21. The van der Waals surface area contributed by atoms with E-state index in [2.05, 4.69) is 10.6 Å². The zero-order chi connectivity index (χ0) is 20.0. The van der Waals surface area contributed by atoms with E-state index < -0.39 is 5.54 Å². The van der Waals surface area contributed by atoms with Gasteiger partial charge in [0, 0.05) is 17.7 Å². The molecule has 0 atom stereocenters. The molecule has 2 aliphatic carbocycles. The highest BCUT2D eigenvalue weighted by molar-refractivity contribution is 5.97. The van der Waals surface area contributed by atoms with Gasteiger partial charge in [-0.3, -0.25) is 9.59 Å². The number of benzene rings is 1. The van der Waals surface area contributed by atoms with Crippen LogP contribution < -0.4 is 10.6 Å². The van der Waals surface area contributed by atoms with Crippen LogP contribution >= 0.6 is 0 Å². The van der Waals surface area contributed by atoms with Crippen molar-refractivity contribution >= 4 is 23.9 Å². The van der Waals surface area contributed by atoms with Crippen LogP contribution in [0.2, 0.25) is 0 Å².